The summed E-state index contributed by atoms with van der Waals surface area (Å²) in [6, 6.07) is 8.49. The first-order chi connectivity index (χ1) is 9.08. The van der Waals surface area contributed by atoms with Crippen LogP contribution < -0.4 is 5.32 Å². The predicted octanol–water partition coefficient (Wildman–Crippen LogP) is 3.42. The number of benzene rings is 1. The van der Waals surface area contributed by atoms with Crippen LogP contribution in [0, 0.1) is 0 Å². The van der Waals surface area contributed by atoms with E-state index in [4.69, 9.17) is 4.74 Å². The highest BCUT2D eigenvalue weighted by Gasteiger charge is 2.16. The summed E-state index contributed by atoms with van der Waals surface area (Å²) in [4.78, 5) is 11.5. The minimum Gasteiger partial charge on any atom is -0.459 e. The summed E-state index contributed by atoms with van der Waals surface area (Å²) in [5.41, 5.74) is 2.23. The van der Waals surface area contributed by atoms with Crippen molar-refractivity contribution in [3.05, 3.63) is 35.4 Å². The zero-order chi connectivity index (χ0) is 15.4. The molecule has 20 heavy (non-hydrogen) atoms. The second-order valence-corrected chi connectivity index (χ2v) is 7.14. The van der Waals surface area contributed by atoms with Crippen LogP contribution >= 0.6 is 0 Å². The Kier molecular flexibility index (Phi) is 5.35. The normalized spacial score (nSPS) is 12.3. The van der Waals surface area contributed by atoms with E-state index in [0.717, 1.165) is 0 Å². The average molecular weight is 277 g/mol. The Balaban J connectivity index is 2.42. The molecule has 1 aromatic carbocycles. The highest BCUT2D eigenvalue weighted by Crippen LogP contribution is 2.22. The van der Waals surface area contributed by atoms with Crippen LogP contribution in [-0.4, -0.2) is 18.1 Å². The summed E-state index contributed by atoms with van der Waals surface area (Å²) in [5, 5.41) is 3.11. The fourth-order valence-electron chi connectivity index (χ4n) is 1.81. The molecule has 0 saturated carbocycles. The van der Waals surface area contributed by atoms with Gasteiger partial charge in [-0.05, 0) is 37.3 Å². The molecular weight excluding hydrogens is 250 g/mol. The molecule has 0 amide bonds. The van der Waals surface area contributed by atoms with Crippen molar-refractivity contribution in [1.82, 2.24) is 5.32 Å². The Morgan fingerprint density at radius 3 is 2.05 bits per heavy atom. The lowest BCUT2D eigenvalue weighted by atomic mass is 9.87. The highest BCUT2D eigenvalue weighted by atomic mass is 16.6. The molecule has 0 aliphatic rings. The molecule has 0 atom stereocenters. The third-order valence-electron chi connectivity index (χ3n) is 2.84. The minimum atomic E-state index is -0.423. The van der Waals surface area contributed by atoms with E-state index in [9.17, 15) is 4.79 Å². The summed E-state index contributed by atoms with van der Waals surface area (Å²) < 4.78 is 5.24. The monoisotopic (exact) mass is 277 g/mol. The molecule has 0 spiro atoms. The van der Waals surface area contributed by atoms with Crippen LogP contribution in [0.3, 0.4) is 0 Å². The van der Waals surface area contributed by atoms with Gasteiger partial charge in [-0.15, -0.1) is 0 Å². The molecule has 0 fully saturated rings. The Bertz CT molecular complexity index is 436. The fourth-order valence-corrected chi connectivity index (χ4v) is 1.81. The van der Waals surface area contributed by atoms with Gasteiger partial charge in [-0.1, -0.05) is 45.0 Å². The van der Waals surface area contributed by atoms with Gasteiger partial charge in [0.1, 0.15) is 5.60 Å². The van der Waals surface area contributed by atoms with Crippen LogP contribution in [0.4, 0.5) is 0 Å². The molecule has 0 saturated heterocycles. The average Bonchev–Trinajstić information content (AvgIpc) is 2.26. The van der Waals surface area contributed by atoms with E-state index in [2.05, 4.69) is 50.4 Å². The third kappa shape index (κ3) is 6.20. The molecule has 1 N–H and O–H groups in total. The van der Waals surface area contributed by atoms with Crippen molar-refractivity contribution < 1.29 is 9.53 Å². The Morgan fingerprint density at radius 2 is 1.60 bits per heavy atom. The van der Waals surface area contributed by atoms with Crippen molar-refractivity contribution in [3.63, 3.8) is 0 Å². The summed E-state index contributed by atoms with van der Waals surface area (Å²) >= 11 is 0. The van der Waals surface area contributed by atoms with Crippen LogP contribution in [0.2, 0.25) is 0 Å². The summed E-state index contributed by atoms with van der Waals surface area (Å²) in [7, 11) is 0. The van der Waals surface area contributed by atoms with Gasteiger partial charge >= 0.3 is 5.97 Å². The van der Waals surface area contributed by atoms with Crippen LogP contribution in [0.1, 0.15) is 52.7 Å². The zero-order valence-corrected chi connectivity index (χ0v) is 13.5. The number of carbonyl (C=O) groups excluding carboxylic acids is 1. The largest absolute Gasteiger partial charge is 0.459 e. The van der Waals surface area contributed by atoms with Crippen molar-refractivity contribution in [2.75, 3.05) is 6.54 Å². The topological polar surface area (TPSA) is 38.3 Å². The number of ether oxygens (including phenoxy) is 1. The smallest absolute Gasteiger partial charge is 0.320 e. The third-order valence-corrected chi connectivity index (χ3v) is 2.84. The SMILES string of the molecule is CC(C)(C)OC(=O)CNCc1ccc(C(C)(C)C)cc1. The van der Waals surface area contributed by atoms with Crippen molar-refractivity contribution in [1.29, 1.82) is 0 Å². The maximum atomic E-state index is 11.5. The Hall–Kier alpha value is -1.35. The Morgan fingerprint density at radius 1 is 1.05 bits per heavy atom. The van der Waals surface area contributed by atoms with E-state index in [0.29, 0.717) is 6.54 Å². The predicted molar refractivity (Wildman–Crippen MR) is 82.7 cm³/mol. The second-order valence-electron chi connectivity index (χ2n) is 7.14. The molecule has 1 rings (SSSR count). The lowest BCUT2D eigenvalue weighted by molar-refractivity contribution is -0.153. The number of carbonyl (C=O) groups is 1. The number of hydrogen-bond acceptors (Lipinski definition) is 3. The first-order valence-corrected chi connectivity index (χ1v) is 7.10. The molecule has 0 bridgehead atoms. The first-order valence-electron chi connectivity index (χ1n) is 7.10. The Labute approximate surface area is 122 Å². The maximum Gasteiger partial charge on any atom is 0.320 e. The van der Waals surface area contributed by atoms with Gasteiger partial charge in [-0.25, -0.2) is 0 Å². The molecule has 0 heterocycles. The van der Waals surface area contributed by atoms with Crippen molar-refractivity contribution in [3.8, 4) is 0 Å². The van der Waals surface area contributed by atoms with Crippen LogP contribution in [0.5, 0.6) is 0 Å². The number of rotatable bonds is 4. The molecule has 3 nitrogen and oxygen atoms in total. The fraction of sp³-hybridized carbons (Fsp3) is 0.588. The molecule has 0 radical (unpaired) electrons. The zero-order valence-electron chi connectivity index (χ0n) is 13.5. The van der Waals surface area contributed by atoms with Crippen molar-refractivity contribution >= 4 is 5.97 Å². The van der Waals surface area contributed by atoms with Gasteiger partial charge in [0.05, 0.1) is 6.54 Å². The van der Waals surface area contributed by atoms with Gasteiger partial charge in [-0.2, -0.15) is 0 Å². The van der Waals surface area contributed by atoms with E-state index in [-0.39, 0.29) is 17.9 Å². The quantitative estimate of drug-likeness (QED) is 0.857. The number of nitrogens with one attached hydrogen (secondary N) is 1. The van der Waals surface area contributed by atoms with Crippen molar-refractivity contribution in [2.45, 2.75) is 59.1 Å². The summed E-state index contributed by atoms with van der Waals surface area (Å²) in [6.45, 7) is 13.1. The summed E-state index contributed by atoms with van der Waals surface area (Å²) in [6.07, 6.45) is 0. The highest BCUT2D eigenvalue weighted by molar-refractivity contribution is 5.72. The molecule has 112 valence electrons. The van der Waals surface area contributed by atoms with E-state index in [1.165, 1.54) is 11.1 Å². The molecule has 0 aromatic heterocycles. The molecule has 1 aromatic rings. The molecule has 0 aliphatic carbocycles. The van der Waals surface area contributed by atoms with Gasteiger partial charge < -0.3 is 10.1 Å². The summed E-state index contributed by atoms with van der Waals surface area (Å²) in [5.74, 6) is -0.219. The molecule has 0 unspecified atom stereocenters. The van der Waals surface area contributed by atoms with Crippen LogP contribution in [-0.2, 0) is 21.5 Å². The van der Waals surface area contributed by atoms with Gasteiger partial charge in [0, 0.05) is 6.54 Å². The lowest BCUT2D eigenvalue weighted by Crippen LogP contribution is -2.31. The maximum absolute atomic E-state index is 11.5. The van der Waals surface area contributed by atoms with Gasteiger partial charge in [0.25, 0.3) is 0 Å². The van der Waals surface area contributed by atoms with E-state index in [1.807, 2.05) is 20.8 Å². The van der Waals surface area contributed by atoms with E-state index < -0.39 is 5.60 Å². The molecular formula is C17H27NO2. The second kappa shape index (κ2) is 6.40. The standard InChI is InChI=1S/C17H27NO2/c1-16(2,3)14-9-7-13(8-10-14)11-18-12-15(19)20-17(4,5)6/h7-10,18H,11-12H2,1-6H3. The van der Waals surface area contributed by atoms with E-state index in [1.54, 1.807) is 0 Å². The molecule has 0 aliphatic heterocycles. The first kappa shape index (κ1) is 16.7. The van der Waals surface area contributed by atoms with Crippen molar-refractivity contribution in [2.24, 2.45) is 0 Å². The van der Waals surface area contributed by atoms with Crippen LogP contribution in [0.25, 0.3) is 0 Å². The number of esters is 1. The van der Waals surface area contributed by atoms with Gasteiger partial charge in [-0.3, -0.25) is 4.79 Å². The van der Waals surface area contributed by atoms with E-state index >= 15 is 0 Å². The molecule has 3 heteroatoms. The number of hydrogen-bond donors (Lipinski definition) is 1. The lowest BCUT2D eigenvalue weighted by Gasteiger charge is -2.20. The van der Waals surface area contributed by atoms with Gasteiger partial charge in [0.2, 0.25) is 0 Å². The minimum absolute atomic E-state index is 0.169. The van der Waals surface area contributed by atoms with Gasteiger partial charge in [0.15, 0.2) is 0 Å². The van der Waals surface area contributed by atoms with Crippen LogP contribution in [0.15, 0.2) is 24.3 Å².